The number of anilines is 1. The maximum Gasteiger partial charge on any atom is 0.365 e. The van der Waals surface area contributed by atoms with Gasteiger partial charge in [0.15, 0.2) is 29.5 Å². The third-order valence-electron chi connectivity index (χ3n) is 4.82. The first-order valence-corrected chi connectivity index (χ1v) is 10.6. The van der Waals surface area contributed by atoms with Crippen molar-refractivity contribution in [3.63, 3.8) is 0 Å². The van der Waals surface area contributed by atoms with Crippen LogP contribution >= 0.6 is 19.2 Å². The van der Waals surface area contributed by atoms with Crippen molar-refractivity contribution in [3.8, 4) is 0 Å². The molecule has 5 N–H and O–H groups in total. The van der Waals surface area contributed by atoms with Crippen molar-refractivity contribution < 1.29 is 42.9 Å². The number of fused-ring (bicyclic) bond motifs is 2. The lowest BCUT2D eigenvalue weighted by Gasteiger charge is -2.24. The Hall–Kier alpha value is -1.93. The van der Waals surface area contributed by atoms with Gasteiger partial charge in [-0.2, -0.15) is 9.97 Å². The zero-order chi connectivity index (χ0) is 22.0. The third kappa shape index (κ3) is 3.15. The van der Waals surface area contributed by atoms with Crippen LogP contribution in [-0.2, 0) is 23.6 Å². The maximum atomic E-state index is 15.1. The number of esters is 1. The molecular weight excluding hydrogens is 452 g/mol. The molecule has 164 valence electrons. The van der Waals surface area contributed by atoms with E-state index in [-0.39, 0.29) is 28.9 Å². The molecule has 1 saturated carbocycles. The molecule has 1 saturated heterocycles. The Morgan fingerprint density at radius 3 is 2.80 bits per heavy atom. The van der Waals surface area contributed by atoms with Crippen LogP contribution in [0.3, 0.4) is 0 Å². The fourth-order valence-corrected chi connectivity index (χ4v) is 4.19. The zero-order valence-electron chi connectivity index (χ0n) is 15.1. The predicted octanol–water partition coefficient (Wildman–Crippen LogP) is -0.506. The first-order valence-electron chi connectivity index (χ1n) is 8.54. The van der Waals surface area contributed by atoms with Crippen molar-refractivity contribution in [1.29, 1.82) is 0 Å². The predicted molar refractivity (Wildman–Crippen MR) is 95.8 cm³/mol. The number of nitrogen functional groups attached to an aromatic ring is 1. The number of aliphatic hydroxyl groups is 1. The average Bonchev–Trinajstić information content (AvgIpc) is 2.89. The summed E-state index contributed by atoms with van der Waals surface area (Å²) in [4.78, 5) is 42.2. The molecule has 0 amide bonds. The summed E-state index contributed by atoms with van der Waals surface area (Å²) in [6.07, 6.45) is -5.19. The normalized spacial score (nSPS) is 31.5. The highest BCUT2D eigenvalue weighted by Gasteiger charge is 2.80. The van der Waals surface area contributed by atoms with Crippen LogP contribution in [0.4, 0.5) is 10.2 Å². The second-order valence-electron chi connectivity index (χ2n) is 6.69. The second kappa shape index (κ2) is 7.05. The number of ether oxygens (including phenoxy) is 3. The zero-order valence-corrected chi connectivity index (χ0v) is 16.8. The van der Waals surface area contributed by atoms with Crippen molar-refractivity contribution >= 4 is 42.1 Å². The van der Waals surface area contributed by atoms with Gasteiger partial charge in [0.2, 0.25) is 5.28 Å². The molecule has 2 aromatic rings. The average molecular weight is 468 g/mol. The van der Waals surface area contributed by atoms with E-state index in [0.29, 0.717) is 0 Å². The highest BCUT2D eigenvalue weighted by atomic mass is 35.5. The number of rotatable bonds is 6. The van der Waals surface area contributed by atoms with Gasteiger partial charge in [-0.1, -0.05) is 0 Å². The van der Waals surface area contributed by atoms with Gasteiger partial charge in [0.25, 0.3) is 5.85 Å². The Morgan fingerprint density at radius 2 is 2.23 bits per heavy atom. The van der Waals surface area contributed by atoms with Crippen LogP contribution in [0.2, 0.25) is 5.28 Å². The summed E-state index contributed by atoms with van der Waals surface area (Å²) in [5.41, 5.74) is 3.64. The number of nitrogens with two attached hydrogens (primary N) is 1. The van der Waals surface area contributed by atoms with Crippen molar-refractivity contribution in [2.75, 3.05) is 12.3 Å². The number of alkyl halides is 1. The molecule has 0 bridgehead atoms. The number of carbonyl (C=O) groups is 1. The first-order chi connectivity index (χ1) is 14.0. The molecule has 0 radical (unpaired) electrons. The Morgan fingerprint density at radius 1 is 1.53 bits per heavy atom. The number of hydrogen-bond donors (Lipinski definition) is 4. The van der Waals surface area contributed by atoms with Crippen LogP contribution in [0.15, 0.2) is 6.33 Å². The van der Waals surface area contributed by atoms with Crippen molar-refractivity contribution in [2.24, 2.45) is 0 Å². The summed E-state index contributed by atoms with van der Waals surface area (Å²) < 4.78 is 42.9. The Bertz CT molecular complexity index is 1070. The third-order valence-corrected chi connectivity index (χ3v) is 5.93. The topological polar surface area (TPSA) is 192 Å². The highest BCUT2D eigenvalue weighted by molar-refractivity contribution is 7.53. The van der Waals surface area contributed by atoms with E-state index in [0.717, 1.165) is 4.57 Å². The van der Waals surface area contributed by atoms with E-state index in [9.17, 15) is 24.3 Å². The fraction of sp³-hybridized carbons (Fsp3) is 0.571. The van der Waals surface area contributed by atoms with E-state index >= 15 is 4.39 Å². The molecule has 6 atom stereocenters. The number of halogens is 2. The summed E-state index contributed by atoms with van der Waals surface area (Å²) >= 11 is 5.77. The monoisotopic (exact) mass is 467 g/mol. The van der Waals surface area contributed by atoms with Gasteiger partial charge in [-0.3, -0.25) is 9.13 Å². The molecule has 2 aliphatic rings. The number of aromatic nitrogens is 4. The summed E-state index contributed by atoms with van der Waals surface area (Å²) in [5, 5.41) is 10.4. The number of carbonyl (C=O) groups excluding carboxylic acids is 1. The SMILES string of the molecule is CCOC(=O)[C@H](OC1[C@H]2O[C@@H](n3cnc4c(N)nc(Cl)nc43)[C@@H](F)[C@@]12O)P(=O)(O)O. The van der Waals surface area contributed by atoms with E-state index in [4.69, 9.17) is 26.8 Å². The van der Waals surface area contributed by atoms with E-state index in [2.05, 4.69) is 19.7 Å². The van der Waals surface area contributed by atoms with E-state index in [1.807, 2.05) is 0 Å². The summed E-state index contributed by atoms with van der Waals surface area (Å²) in [5.74, 6) is -3.71. The van der Waals surface area contributed by atoms with Gasteiger partial charge >= 0.3 is 13.6 Å². The minimum absolute atomic E-state index is 0.0406. The Labute approximate surface area is 172 Å². The molecule has 13 nitrogen and oxygen atoms in total. The molecule has 2 aromatic heterocycles. The molecule has 16 heteroatoms. The molecule has 1 aliphatic carbocycles. The van der Waals surface area contributed by atoms with Gasteiger partial charge < -0.3 is 34.8 Å². The molecule has 2 fully saturated rings. The van der Waals surface area contributed by atoms with Gasteiger partial charge in [-0.15, -0.1) is 0 Å². The fourth-order valence-electron chi connectivity index (χ4n) is 3.38. The van der Waals surface area contributed by atoms with Gasteiger partial charge in [-0.25, -0.2) is 14.2 Å². The van der Waals surface area contributed by atoms with Crippen molar-refractivity contribution in [2.45, 2.75) is 43.0 Å². The summed E-state index contributed by atoms with van der Waals surface area (Å²) in [7, 11) is -5.12. The van der Waals surface area contributed by atoms with Gasteiger partial charge in [-0.05, 0) is 18.5 Å². The summed E-state index contributed by atoms with van der Waals surface area (Å²) in [6, 6.07) is 0. The lowest BCUT2D eigenvalue weighted by molar-refractivity contribution is -0.157. The van der Waals surface area contributed by atoms with E-state index < -0.39 is 49.6 Å². The molecule has 0 spiro atoms. The minimum atomic E-state index is -5.12. The minimum Gasteiger partial charge on any atom is -0.464 e. The molecule has 0 aromatic carbocycles. The quantitative estimate of drug-likeness (QED) is 0.242. The lowest BCUT2D eigenvalue weighted by Crippen LogP contribution is -2.37. The van der Waals surface area contributed by atoms with Gasteiger partial charge in [0, 0.05) is 0 Å². The maximum absolute atomic E-state index is 15.1. The van der Waals surface area contributed by atoms with Crippen molar-refractivity contribution in [3.05, 3.63) is 11.6 Å². The number of imidazole rings is 1. The van der Waals surface area contributed by atoms with Gasteiger partial charge in [0.05, 0.1) is 12.9 Å². The van der Waals surface area contributed by atoms with E-state index in [1.165, 1.54) is 13.3 Å². The van der Waals surface area contributed by atoms with Crippen molar-refractivity contribution in [1.82, 2.24) is 19.5 Å². The van der Waals surface area contributed by atoms with E-state index in [1.54, 1.807) is 0 Å². The molecule has 1 unspecified atom stereocenters. The molecule has 30 heavy (non-hydrogen) atoms. The lowest BCUT2D eigenvalue weighted by atomic mass is 10.2. The van der Waals surface area contributed by atoms with Crippen LogP contribution in [0.1, 0.15) is 13.2 Å². The number of nitrogens with zero attached hydrogens (tertiary/aromatic N) is 4. The Kier molecular flexibility index (Phi) is 5.01. The highest BCUT2D eigenvalue weighted by Crippen LogP contribution is 2.59. The Balaban J connectivity index is 1.57. The molecule has 4 rings (SSSR count). The standard InChI is InChI=1S/C14H16ClFN5O8P/c1-2-27-11(22)12(30(24,25)26)29-7-6-14(7,23)5(16)10(28-6)21-3-18-4-8(17)19-13(15)20-9(4)21/h3,5-7,10,12,23H,2H2,1H3,(H2,17,19,20)(H2,24,25,26)/t5-,6-,7?,10-,12-,14+/m1/s1. The largest absolute Gasteiger partial charge is 0.464 e. The van der Waals surface area contributed by atoms with Gasteiger partial charge in [0.1, 0.15) is 17.7 Å². The molecular formula is C14H16ClFN5O8P. The van der Waals surface area contributed by atoms with Crippen LogP contribution in [0.5, 0.6) is 0 Å². The summed E-state index contributed by atoms with van der Waals surface area (Å²) in [6.45, 7) is 1.26. The second-order valence-corrected chi connectivity index (χ2v) is 8.67. The van der Waals surface area contributed by atoms with Crippen LogP contribution in [0, 0.1) is 0 Å². The van der Waals surface area contributed by atoms with Crippen LogP contribution in [-0.4, -0.2) is 76.8 Å². The number of hydrogen-bond acceptors (Lipinski definition) is 10. The molecule has 1 aliphatic heterocycles. The van der Waals surface area contributed by atoms with Crippen LogP contribution < -0.4 is 5.73 Å². The van der Waals surface area contributed by atoms with Crippen LogP contribution in [0.25, 0.3) is 11.2 Å². The smallest absolute Gasteiger partial charge is 0.365 e. The molecule has 3 heterocycles. The first kappa shape index (κ1) is 21.3.